The molecule has 178 valence electrons. The molecule has 2 heterocycles. The number of nitro groups is 1. The summed E-state index contributed by atoms with van der Waals surface area (Å²) in [6, 6.07) is 11.9. The van der Waals surface area contributed by atoms with Crippen molar-refractivity contribution in [1.82, 2.24) is 4.90 Å². The molecule has 2 aliphatic heterocycles. The number of benzene rings is 2. The number of piperidine rings is 1. The normalized spacial score (nSPS) is 20.7. The first-order chi connectivity index (χ1) is 15.7. The molecule has 33 heavy (non-hydrogen) atoms. The highest BCUT2D eigenvalue weighted by Gasteiger charge is 2.32. The predicted octanol–water partition coefficient (Wildman–Crippen LogP) is 3.41. The molecule has 9 nitrogen and oxygen atoms in total. The van der Waals surface area contributed by atoms with Gasteiger partial charge in [-0.3, -0.25) is 19.6 Å². The fraction of sp³-hybridized carbons (Fsp3) is 0.455. The van der Waals surface area contributed by atoms with Gasteiger partial charge in [0.2, 0.25) is 0 Å². The van der Waals surface area contributed by atoms with Crippen molar-refractivity contribution in [2.24, 2.45) is 0 Å². The van der Waals surface area contributed by atoms with Crippen LogP contribution >= 0.6 is 11.6 Å². The van der Waals surface area contributed by atoms with Gasteiger partial charge in [-0.1, -0.05) is 17.7 Å². The van der Waals surface area contributed by atoms with Gasteiger partial charge in [-0.05, 0) is 43.2 Å². The van der Waals surface area contributed by atoms with Crippen LogP contribution in [0.4, 0.5) is 11.4 Å². The van der Waals surface area contributed by atoms with Crippen molar-refractivity contribution in [1.29, 1.82) is 0 Å². The summed E-state index contributed by atoms with van der Waals surface area (Å²) >= 11 is 5.99. The summed E-state index contributed by atoms with van der Waals surface area (Å²) in [6.45, 7) is 3.58. The van der Waals surface area contributed by atoms with Gasteiger partial charge in [0.1, 0.15) is 4.90 Å². The molecule has 1 N–H and O–H groups in total. The summed E-state index contributed by atoms with van der Waals surface area (Å²) in [5.41, 5.74) is 0.795. The van der Waals surface area contributed by atoms with E-state index in [1.54, 1.807) is 0 Å². The number of nitrogens with zero attached hydrogens (tertiary/aromatic N) is 3. The van der Waals surface area contributed by atoms with Crippen molar-refractivity contribution in [2.45, 2.75) is 36.3 Å². The monoisotopic (exact) mass is 495 g/mol. The van der Waals surface area contributed by atoms with E-state index in [-0.39, 0.29) is 17.7 Å². The number of hydrogen-bond donors (Lipinski definition) is 1. The van der Waals surface area contributed by atoms with Crippen LogP contribution in [0.15, 0.2) is 47.4 Å². The fourth-order valence-electron chi connectivity index (χ4n) is 4.74. The summed E-state index contributed by atoms with van der Waals surface area (Å²) in [5.74, 6) is 0. The van der Waals surface area contributed by atoms with Crippen molar-refractivity contribution in [3.63, 3.8) is 0 Å². The lowest BCUT2D eigenvalue weighted by Crippen LogP contribution is -2.52. The van der Waals surface area contributed by atoms with E-state index in [1.807, 2.05) is 24.3 Å². The van der Waals surface area contributed by atoms with Gasteiger partial charge in [0.15, 0.2) is 0 Å². The summed E-state index contributed by atoms with van der Waals surface area (Å²) in [4.78, 5) is 15.1. The molecule has 0 saturated carbocycles. The van der Waals surface area contributed by atoms with Gasteiger partial charge in [0.05, 0.1) is 23.2 Å². The average Bonchev–Trinajstić information content (AvgIpc) is 2.79. The molecule has 2 fully saturated rings. The third-order valence-electron chi connectivity index (χ3n) is 6.36. The zero-order valence-corrected chi connectivity index (χ0v) is 19.5. The molecule has 2 aromatic rings. The number of morpholine rings is 1. The minimum atomic E-state index is -4.60. The van der Waals surface area contributed by atoms with E-state index in [4.69, 9.17) is 16.3 Å². The first-order valence-electron chi connectivity index (χ1n) is 10.8. The van der Waals surface area contributed by atoms with Gasteiger partial charge in [-0.15, -0.1) is 0 Å². The van der Waals surface area contributed by atoms with Crippen molar-refractivity contribution >= 4 is 33.1 Å². The predicted molar refractivity (Wildman–Crippen MR) is 125 cm³/mol. The minimum Gasteiger partial charge on any atom is -0.375 e. The second-order valence-electron chi connectivity index (χ2n) is 8.37. The van der Waals surface area contributed by atoms with E-state index in [0.29, 0.717) is 24.2 Å². The lowest BCUT2D eigenvalue weighted by Gasteiger charge is -2.43. The van der Waals surface area contributed by atoms with Crippen molar-refractivity contribution < 1.29 is 22.6 Å². The first-order valence-corrected chi connectivity index (χ1v) is 12.6. The second kappa shape index (κ2) is 9.94. The molecule has 0 bridgehead atoms. The summed E-state index contributed by atoms with van der Waals surface area (Å²) in [6.07, 6.45) is 1.57. The van der Waals surface area contributed by atoms with E-state index in [0.717, 1.165) is 38.2 Å². The number of anilines is 1. The summed E-state index contributed by atoms with van der Waals surface area (Å²) < 4.78 is 39.1. The molecular weight excluding hydrogens is 470 g/mol. The molecule has 1 atom stereocenters. The average molecular weight is 496 g/mol. The Hall–Kier alpha value is -2.24. The molecule has 1 unspecified atom stereocenters. The van der Waals surface area contributed by atoms with E-state index >= 15 is 0 Å². The third-order valence-corrected chi connectivity index (χ3v) is 7.55. The van der Waals surface area contributed by atoms with Crippen molar-refractivity contribution in [2.75, 3.05) is 37.7 Å². The molecule has 0 amide bonds. The number of ether oxygens (including phenoxy) is 1. The van der Waals surface area contributed by atoms with Crippen molar-refractivity contribution in [3.05, 3.63) is 63.2 Å². The van der Waals surface area contributed by atoms with Gasteiger partial charge in [-0.25, -0.2) is 0 Å². The maximum atomic E-state index is 11.8. The van der Waals surface area contributed by atoms with Crippen molar-refractivity contribution in [3.8, 4) is 0 Å². The van der Waals surface area contributed by atoms with Crippen LogP contribution in [0.5, 0.6) is 0 Å². The van der Waals surface area contributed by atoms with Crippen LogP contribution in [0.25, 0.3) is 0 Å². The van der Waals surface area contributed by atoms with Crippen LogP contribution in [0.1, 0.15) is 18.4 Å². The van der Waals surface area contributed by atoms with E-state index in [9.17, 15) is 23.1 Å². The molecule has 2 aromatic carbocycles. The Labute approximate surface area is 197 Å². The molecule has 2 saturated heterocycles. The largest absolute Gasteiger partial charge is 0.375 e. The zero-order chi connectivity index (χ0) is 23.6. The van der Waals surface area contributed by atoms with Gasteiger partial charge < -0.3 is 9.64 Å². The maximum Gasteiger partial charge on any atom is 0.295 e. The van der Waals surface area contributed by atoms with Crippen LogP contribution < -0.4 is 4.90 Å². The number of rotatable bonds is 6. The molecule has 0 aromatic heterocycles. The Kier molecular flexibility index (Phi) is 7.20. The fourth-order valence-corrected chi connectivity index (χ4v) is 5.61. The Morgan fingerprint density at radius 1 is 1.12 bits per heavy atom. The Balaban J connectivity index is 1.43. The van der Waals surface area contributed by atoms with Gasteiger partial charge >= 0.3 is 0 Å². The van der Waals surface area contributed by atoms with Crippen LogP contribution in [0, 0.1) is 10.1 Å². The summed E-state index contributed by atoms with van der Waals surface area (Å²) in [5, 5.41) is 12.2. The number of hydrogen-bond acceptors (Lipinski definition) is 7. The quantitative estimate of drug-likeness (QED) is 0.368. The molecule has 0 aliphatic carbocycles. The molecule has 0 radical (unpaired) electrons. The molecular formula is C22H26ClN3O6S. The topological polar surface area (TPSA) is 113 Å². The number of nitro benzene ring substituents is 1. The van der Waals surface area contributed by atoms with Gasteiger partial charge in [0.25, 0.3) is 15.8 Å². The third kappa shape index (κ3) is 5.64. The lowest BCUT2D eigenvalue weighted by molar-refractivity contribution is -0.385. The first kappa shape index (κ1) is 23.9. The van der Waals surface area contributed by atoms with Gasteiger partial charge in [-0.2, -0.15) is 8.42 Å². The highest BCUT2D eigenvalue weighted by molar-refractivity contribution is 7.85. The van der Waals surface area contributed by atoms with E-state index in [1.165, 1.54) is 18.2 Å². The maximum absolute atomic E-state index is 11.8. The zero-order valence-electron chi connectivity index (χ0n) is 18.0. The van der Waals surface area contributed by atoms with E-state index < -0.39 is 26.0 Å². The smallest absolute Gasteiger partial charge is 0.295 e. The van der Waals surface area contributed by atoms with Crippen LogP contribution in [-0.4, -0.2) is 67.7 Å². The van der Waals surface area contributed by atoms with Crippen LogP contribution in [0.3, 0.4) is 0 Å². The highest BCUT2D eigenvalue weighted by atomic mass is 35.5. The molecule has 2 aliphatic rings. The Morgan fingerprint density at radius 2 is 1.82 bits per heavy atom. The molecule has 11 heteroatoms. The Morgan fingerprint density at radius 3 is 2.45 bits per heavy atom. The summed E-state index contributed by atoms with van der Waals surface area (Å²) in [7, 11) is -4.60. The number of halogens is 1. The molecule has 4 rings (SSSR count). The van der Waals surface area contributed by atoms with E-state index in [2.05, 4.69) is 9.80 Å². The second-order valence-corrected chi connectivity index (χ2v) is 10.2. The molecule has 0 spiro atoms. The minimum absolute atomic E-state index is 0.0191. The SMILES string of the molecule is O=[N+]([O-])c1cccc(S(=O)(=O)O)c1CC1CN(C2CCN(c3ccc(Cl)cc3)CC2)CCO1. The standard InChI is InChI=1S/C22H26ClN3O6S/c23-16-4-6-17(7-5-16)24-10-8-18(9-11-24)25-12-13-32-19(15-25)14-20-21(26(27)28)2-1-3-22(20)33(29,30)31/h1-7,18-19H,8-15H2,(H,29,30,31). The van der Waals surface area contributed by atoms with Gasteiger partial charge in [0, 0.05) is 55.4 Å². The lowest BCUT2D eigenvalue weighted by atomic mass is 9.99. The highest BCUT2D eigenvalue weighted by Crippen LogP contribution is 2.30. The Bertz CT molecular complexity index is 1100. The van der Waals surface area contributed by atoms with Crippen LogP contribution in [0.2, 0.25) is 5.02 Å². The van der Waals surface area contributed by atoms with Crippen LogP contribution in [-0.2, 0) is 21.3 Å².